The number of fused-ring (bicyclic) bond motifs is 1. The largest absolute Gasteiger partial charge is 0.418 e. The van der Waals surface area contributed by atoms with Crippen LogP contribution in [0.2, 0.25) is 10.2 Å². The monoisotopic (exact) mass is 264 g/mol. The number of nitrogens with zero attached hydrogens (tertiary/aromatic N) is 2. The van der Waals surface area contributed by atoms with Crippen LogP contribution in [0.25, 0.3) is 22.7 Å². The van der Waals surface area contributed by atoms with E-state index in [4.69, 9.17) is 27.6 Å². The molecule has 0 saturated carbocycles. The molecule has 0 saturated heterocycles. The second-order valence-corrected chi connectivity index (χ2v) is 4.25. The van der Waals surface area contributed by atoms with E-state index < -0.39 is 0 Å². The first-order valence-electron chi connectivity index (χ1n) is 4.92. The number of benzene rings is 1. The minimum absolute atomic E-state index is 0.374. The fourth-order valence-electron chi connectivity index (χ4n) is 1.54. The van der Waals surface area contributed by atoms with E-state index in [1.807, 2.05) is 18.2 Å². The summed E-state index contributed by atoms with van der Waals surface area (Å²) in [7, 11) is 0. The zero-order valence-corrected chi connectivity index (χ0v) is 10.0. The average molecular weight is 265 g/mol. The maximum Gasteiger partial charge on any atom is 0.248 e. The Labute approximate surface area is 107 Å². The molecule has 0 spiro atoms. The number of hydrogen-bond acceptors (Lipinski definition) is 3. The fraction of sp³-hybridized carbons (Fsp3) is 0. The molecular formula is C12H6Cl2N2O. The second kappa shape index (κ2) is 4.02. The van der Waals surface area contributed by atoms with E-state index in [9.17, 15) is 0 Å². The second-order valence-electron chi connectivity index (χ2n) is 3.46. The molecule has 0 atom stereocenters. The molecular weight excluding hydrogens is 259 g/mol. The molecule has 0 N–H and O–H groups in total. The van der Waals surface area contributed by atoms with Crippen molar-refractivity contribution in [3.8, 4) is 11.5 Å². The minimum Gasteiger partial charge on any atom is -0.418 e. The van der Waals surface area contributed by atoms with Crippen LogP contribution in [0.3, 0.4) is 0 Å². The van der Waals surface area contributed by atoms with E-state index in [1.54, 1.807) is 18.2 Å². The van der Waals surface area contributed by atoms with Crippen molar-refractivity contribution >= 4 is 34.4 Å². The van der Waals surface area contributed by atoms with Crippen LogP contribution in [0.15, 0.2) is 40.8 Å². The molecule has 2 aromatic heterocycles. The number of aromatic nitrogens is 2. The lowest BCUT2D eigenvalue weighted by Gasteiger charge is -1.96. The Kier molecular flexibility index (Phi) is 2.50. The number of oxazole rings is 1. The third-order valence-electron chi connectivity index (χ3n) is 2.33. The van der Waals surface area contributed by atoms with Crippen molar-refractivity contribution in [3.05, 3.63) is 46.6 Å². The highest BCUT2D eigenvalue weighted by Crippen LogP contribution is 2.29. The average Bonchev–Trinajstić information content (AvgIpc) is 2.72. The van der Waals surface area contributed by atoms with E-state index >= 15 is 0 Å². The van der Waals surface area contributed by atoms with Crippen LogP contribution in [-0.2, 0) is 0 Å². The molecule has 3 rings (SSSR count). The van der Waals surface area contributed by atoms with Crippen LogP contribution < -0.4 is 0 Å². The summed E-state index contributed by atoms with van der Waals surface area (Å²) >= 11 is 11.9. The Hall–Kier alpha value is -1.58. The summed E-state index contributed by atoms with van der Waals surface area (Å²) < 4.78 is 5.52. The minimum atomic E-state index is 0.374. The highest BCUT2D eigenvalue weighted by atomic mass is 35.5. The van der Waals surface area contributed by atoms with Crippen LogP contribution in [-0.4, -0.2) is 9.97 Å². The van der Waals surface area contributed by atoms with Gasteiger partial charge in [0.15, 0.2) is 0 Å². The smallest absolute Gasteiger partial charge is 0.248 e. The van der Waals surface area contributed by atoms with Gasteiger partial charge in [-0.15, -0.1) is 0 Å². The molecule has 84 valence electrons. The first-order valence-corrected chi connectivity index (χ1v) is 5.67. The standard InChI is InChI=1S/C12H6Cl2N2O/c13-8-4-2-1-3-7(8)11-15-9-5-6-10(14)16-12(9)17-11/h1-6H. The highest BCUT2D eigenvalue weighted by Gasteiger charge is 2.11. The lowest BCUT2D eigenvalue weighted by molar-refractivity contribution is 0.608. The summed E-state index contributed by atoms with van der Waals surface area (Å²) in [6.45, 7) is 0. The molecule has 3 nitrogen and oxygen atoms in total. The lowest BCUT2D eigenvalue weighted by Crippen LogP contribution is -1.77. The van der Waals surface area contributed by atoms with Crippen molar-refractivity contribution in [1.29, 1.82) is 0 Å². The van der Waals surface area contributed by atoms with Gasteiger partial charge in [-0.2, -0.15) is 4.98 Å². The first-order chi connectivity index (χ1) is 8.24. The van der Waals surface area contributed by atoms with Crippen LogP contribution in [0.1, 0.15) is 0 Å². The van der Waals surface area contributed by atoms with Crippen molar-refractivity contribution in [2.75, 3.05) is 0 Å². The van der Waals surface area contributed by atoms with Crippen molar-refractivity contribution in [2.45, 2.75) is 0 Å². The van der Waals surface area contributed by atoms with Gasteiger partial charge in [-0.05, 0) is 24.3 Å². The molecule has 0 bridgehead atoms. The molecule has 0 amide bonds. The molecule has 3 aromatic rings. The maximum atomic E-state index is 6.07. The number of halogens is 2. The summed E-state index contributed by atoms with van der Waals surface area (Å²) in [6.07, 6.45) is 0. The van der Waals surface area contributed by atoms with Crippen LogP contribution >= 0.6 is 23.2 Å². The Balaban J connectivity index is 2.22. The molecule has 2 heterocycles. The predicted molar refractivity (Wildman–Crippen MR) is 67.3 cm³/mol. The van der Waals surface area contributed by atoms with Gasteiger partial charge in [-0.3, -0.25) is 0 Å². The fourth-order valence-corrected chi connectivity index (χ4v) is 1.90. The van der Waals surface area contributed by atoms with Crippen molar-refractivity contribution in [3.63, 3.8) is 0 Å². The first kappa shape index (κ1) is 10.6. The third-order valence-corrected chi connectivity index (χ3v) is 2.87. The van der Waals surface area contributed by atoms with Gasteiger partial charge >= 0.3 is 0 Å². The van der Waals surface area contributed by atoms with Gasteiger partial charge in [0.1, 0.15) is 10.7 Å². The van der Waals surface area contributed by atoms with Gasteiger partial charge in [0.2, 0.25) is 11.6 Å². The quantitative estimate of drug-likeness (QED) is 0.619. The van der Waals surface area contributed by atoms with E-state index in [-0.39, 0.29) is 0 Å². The number of rotatable bonds is 1. The van der Waals surface area contributed by atoms with Gasteiger partial charge in [-0.25, -0.2) is 4.98 Å². The van der Waals surface area contributed by atoms with Crippen molar-refractivity contribution < 1.29 is 4.42 Å². The molecule has 0 aliphatic heterocycles. The highest BCUT2D eigenvalue weighted by molar-refractivity contribution is 6.33. The Morgan fingerprint density at radius 2 is 1.76 bits per heavy atom. The molecule has 17 heavy (non-hydrogen) atoms. The number of hydrogen-bond donors (Lipinski definition) is 0. The molecule has 0 aliphatic carbocycles. The van der Waals surface area contributed by atoms with Gasteiger partial charge in [0.25, 0.3) is 0 Å². The third kappa shape index (κ3) is 1.88. The Morgan fingerprint density at radius 3 is 2.59 bits per heavy atom. The number of pyridine rings is 1. The van der Waals surface area contributed by atoms with E-state index in [0.717, 1.165) is 5.56 Å². The molecule has 0 unspecified atom stereocenters. The maximum absolute atomic E-state index is 6.07. The molecule has 5 heteroatoms. The molecule has 0 aliphatic rings. The van der Waals surface area contributed by atoms with E-state index in [2.05, 4.69) is 9.97 Å². The van der Waals surface area contributed by atoms with Gasteiger partial charge in [0.05, 0.1) is 10.6 Å². The summed E-state index contributed by atoms with van der Waals surface area (Å²) in [5, 5.41) is 0.963. The lowest BCUT2D eigenvalue weighted by atomic mass is 10.2. The molecule has 0 radical (unpaired) electrons. The van der Waals surface area contributed by atoms with E-state index in [0.29, 0.717) is 27.3 Å². The summed E-state index contributed by atoms with van der Waals surface area (Å²) in [4.78, 5) is 8.36. The topological polar surface area (TPSA) is 38.9 Å². The molecule has 1 aromatic carbocycles. The Morgan fingerprint density at radius 1 is 0.941 bits per heavy atom. The van der Waals surface area contributed by atoms with Crippen molar-refractivity contribution in [2.24, 2.45) is 0 Å². The van der Waals surface area contributed by atoms with E-state index in [1.165, 1.54) is 0 Å². The van der Waals surface area contributed by atoms with Crippen molar-refractivity contribution in [1.82, 2.24) is 9.97 Å². The van der Waals surface area contributed by atoms with Gasteiger partial charge in [-0.1, -0.05) is 35.3 Å². The summed E-state index contributed by atoms with van der Waals surface area (Å²) in [5.41, 5.74) is 1.81. The van der Waals surface area contributed by atoms with Crippen LogP contribution in [0, 0.1) is 0 Å². The zero-order valence-electron chi connectivity index (χ0n) is 8.52. The van der Waals surface area contributed by atoms with Crippen LogP contribution in [0.5, 0.6) is 0 Å². The van der Waals surface area contributed by atoms with Gasteiger partial charge in [0, 0.05) is 0 Å². The van der Waals surface area contributed by atoms with Crippen LogP contribution in [0.4, 0.5) is 0 Å². The normalized spacial score (nSPS) is 10.9. The summed E-state index contributed by atoms with van der Waals surface area (Å²) in [6, 6.07) is 10.8. The van der Waals surface area contributed by atoms with Gasteiger partial charge < -0.3 is 4.42 Å². The summed E-state index contributed by atoms with van der Waals surface area (Å²) in [5.74, 6) is 0.445. The predicted octanol–water partition coefficient (Wildman–Crippen LogP) is 4.20. The Bertz CT molecular complexity index is 694. The zero-order chi connectivity index (χ0) is 11.8. The SMILES string of the molecule is Clc1ccc2nc(-c3ccccc3Cl)oc2n1. The molecule has 0 fully saturated rings.